The Morgan fingerprint density at radius 2 is 0.580 bits per heavy atom. The van der Waals surface area contributed by atoms with Gasteiger partial charge in [0, 0.05) is 34.1 Å². The third-order valence-corrected chi connectivity index (χ3v) is 21.4. The van der Waals surface area contributed by atoms with E-state index in [4.69, 9.17) is 86.3 Å². The Morgan fingerprint density at radius 3 is 0.933 bits per heavy atom. The first-order valence-electron chi connectivity index (χ1n) is 37.8. The van der Waals surface area contributed by atoms with Gasteiger partial charge in [0.25, 0.3) is 0 Å². The van der Waals surface area contributed by atoms with Gasteiger partial charge in [-0.1, -0.05) is 0 Å². The molecule has 9 aliphatic heterocycles. The number of ether oxygens (including phenoxy) is 17. The molecule has 31 N–H and O–H groups in total. The quantitative estimate of drug-likeness (QED) is 0.0266. The number of aliphatic hydroxyl groups excluding tert-OH is 24. The molecule has 9 fully saturated rings. The fourth-order valence-electron chi connectivity index (χ4n) is 15.2. The lowest BCUT2D eigenvalue weighted by Crippen LogP contribution is -2.72. The lowest BCUT2D eigenvalue weighted by molar-refractivity contribution is -0.398. The second-order valence-corrected chi connectivity index (χ2v) is 29.8. The number of carbonyl (C=O) groups is 6. The number of amides is 5. The van der Waals surface area contributed by atoms with Crippen LogP contribution in [-0.4, -0.2) is 500 Å². The van der Waals surface area contributed by atoms with Crippen LogP contribution in [0.1, 0.15) is 34.1 Å². The van der Waals surface area contributed by atoms with Crippen molar-refractivity contribution in [2.75, 3.05) is 59.5 Å². The second-order valence-electron chi connectivity index (χ2n) is 29.8. The molecule has 9 rings (SSSR count). The maximum Gasteiger partial charge on any atom is 0.219 e. The van der Waals surface area contributed by atoms with E-state index in [1.165, 1.54) is 0 Å². The number of carbonyl (C=O) groups excluding carboxylic acids is 6. The van der Waals surface area contributed by atoms with Gasteiger partial charge >= 0.3 is 0 Å². The molecule has 0 aliphatic carbocycles. The summed E-state index contributed by atoms with van der Waals surface area (Å²) in [7, 11) is 0. The molecule has 9 heterocycles. The highest BCUT2D eigenvalue weighted by Crippen LogP contribution is 2.40. The molecule has 9 aliphatic rings. The summed E-state index contributed by atoms with van der Waals surface area (Å²) >= 11 is 0. The van der Waals surface area contributed by atoms with Crippen molar-refractivity contribution in [3.8, 4) is 0 Å². The molecule has 9 saturated heterocycles. The highest BCUT2D eigenvalue weighted by molar-refractivity contribution is 5.79. The van der Waals surface area contributed by atoms with Crippen LogP contribution in [0.15, 0.2) is 0 Å². The van der Waals surface area contributed by atoms with Crippen molar-refractivity contribution in [3.05, 3.63) is 0 Å². The van der Waals surface area contributed by atoms with E-state index in [0.29, 0.717) is 0 Å². The van der Waals surface area contributed by atoms with Crippen molar-refractivity contribution in [3.63, 3.8) is 0 Å². The maximum absolute atomic E-state index is 13.2. The van der Waals surface area contributed by atoms with Gasteiger partial charge in [0.1, 0.15) is 226 Å². The van der Waals surface area contributed by atoms with Crippen molar-refractivity contribution >= 4 is 35.8 Å². The monoisotopic (exact) mass is 1740 g/mol. The Bertz CT molecular complexity index is 3230. The predicted molar refractivity (Wildman–Crippen MR) is 368 cm³/mol. The van der Waals surface area contributed by atoms with E-state index in [2.05, 4.69) is 26.6 Å². The van der Waals surface area contributed by atoms with Crippen LogP contribution < -0.4 is 32.3 Å². The third kappa shape index (κ3) is 22.4. The van der Waals surface area contributed by atoms with Crippen LogP contribution in [0.5, 0.6) is 0 Å². The van der Waals surface area contributed by atoms with Crippen LogP contribution in [0.2, 0.25) is 0 Å². The summed E-state index contributed by atoms with van der Waals surface area (Å²) in [6.45, 7) is -6.25. The summed E-state index contributed by atoms with van der Waals surface area (Å²) < 4.78 is 102. The first-order valence-corrected chi connectivity index (χ1v) is 37.8. The second kappa shape index (κ2) is 43.5. The van der Waals surface area contributed by atoms with Crippen LogP contribution >= 0.6 is 0 Å². The predicted octanol–water partition coefficient (Wildman–Crippen LogP) is -21.0. The lowest BCUT2D eigenvalue weighted by atomic mass is 9.93. The molecule has 119 heavy (non-hydrogen) atoms. The van der Waals surface area contributed by atoms with Gasteiger partial charge in [-0.2, -0.15) is 0 Å². The van der Waals surface area contributed by atoms with Gasteiger partial charge in [-0.3, -0.25) is 29.3 Å². The van der Waals surface area contributed by atoms with Crippen LogP contribution in [0.4, 0.5) is 0 Å². The number of aldehydes is 1. The number of hydrogen-bond acceptors (Lipinski definition) is 48. The van der Waals surface area contributed by atoms with Crippen LogP contribution in [-0.2, 0) is 109 Å². The zero-order chi connectivity index (χ0) is 87.8. The average molecular weight is 1740 g/mol. The number of aliphatic hydroxyl groups is 24. The van der Waals surface area contributed by atoms with E-state index in [1.54, 1.807) is 0 Å². The highest BCUT2D eigenvalue weighted by Gasteiger charge is 2.61. The average Bonchev–Trinajstić information content (AvgIpc) is 0.769. The van der Waals surface area contributed by atoms with Crippen molar-refractivity contribution < 1.29 is 232 Å². The van der Waals surface area contributed by atoms with E-state index < -0.39 is 378 Å². The molecule has 0 spiro atoms. The fraction of sp³-hybridized carbons (Fsp3) is 0.909. The van der Waals surface area contributed by atoms with Crippen LogP contribution in [0.25, 0.3) is 0 Å². The topological polar surface area (TPSA) is 831 Å². The van der Waals surface area contributed by atoms with Gasteiger partial charge < -0.3 is 235 Å². The Labute approximate surface area is 673 Å². The Balaban J connectivity index is 1.06. The Morgan fingerprint density at radius 1 is 0.303 bits per heavy atom. The Hall–Kier alpha value is -4.66. The molecular weight excluding hydrogens is 1630 g/mol. The van der Waals surface area contributed by atoms with Gasteiger partial charge in [0.2, 0.25) is 29.5 Å². The third-order valence-electron chi connectivity index (χ3n) is 21.4. The van der Waals surface area contributed by atoms with E-state index in [1.807, 2.05) is 0 Å². The molecule has 53 heteroatoms. The molecule has 686 valence electrons. The minimum absolute atomic E-state index is 0.258. The van der Waals surface area contributed by atoms with E-state index in [-0.39, 0.29) is 6.29 Å². The molecule has 5 amide bonds. The maximum atomic E-state index is 13.2. The standard InChI is InChI=1S/C66H110N6O47/c1-16(82)68-31-40(92)51(25(11-78)104-58(31)72-20(6-73)5-30(67)86)113-59-32(69-17(2)83)41(93)54(28(14-81)109-59)116-64-50(102)55(117-66-57(47(99)38(90)24(10-77)108-66)119-61-34(71-19(4)85)43(95)53(27(13-80)111-61)115-63-49(101)45(97)36(88)22(8-75)106-63)39(91)29(112-64)15-103-65-56(46(98)37(89)23(9-76)107-65)118-60-33(70-18(3)84)42(94)52(26(12-79)110-60)114-62-48(100)44(96)35(87)21(7-74)105-62/h6,20-29,31-66,72,74-81,87-102H,5,7-15H2,1-4H3,(H2,67,86)(H,68,82)(H,69,83)(H,70,84)(H,71,85)/t20-,21?,22?,23?,24-,25?,26-,27?,28?,29?,31?,32?,33?,34?,35+,36+,37+,38+,39+,40-,41-,42?,43-,44+,45+,46+,47?,48?,49?,50?,51+,52?,53+,54+,55+,56?,57?,58-,59+,60-,61+,62+,63+,64+,65-,66+/m1/s1. The van der Waals surface area contributed by atoms with Gasteiger partial charge in [-0.15, -0.1) is 0 Å². The molecule has 0 saturated carbocycles. The van der Waals surface area contributed by atoms with Gasteiger partial charge in [-0.25, -0.2) is 0 Å². The highest BCUT2D eigenvalue weighted by atomic mass is 16.8. The molecule has 53 nitrogen and oxygen atoms in total. The summed E-state index contributed by atoms with van der Waals surface area (Å²) in [4.78, 5) is 75.5. The summed E-state index contributed by atoms with van der Waals surface area (Å²) in [6, 6.07) is -8.90. The minimum Gasteiger partial charge on any atom is -0.394 e. The van der Waals surface area contributed by atoms with Crippen LogP contribution in [0.3, 0.4) is 0 Å². The number of primary amides is 1. The zero-order valence-electron chi connectivity index (χ0n) is 63.9. The molecule has 0 aromatic rings. The molecule has 0 radical (unpaired) electrons. The number of rotatable bonds is 34. The number of hydrogen-bond donors (Lipinski definition) is 30. The van der Waals surface area contributed by atoms with Gasteiger partial charge in [-0.05, 0) is 0 Å². The van der Waals surface area contributed by atoms with E-state index >= 15 is 0 Å². The minimum atomic E-state index is -2.61. The SMILES string of the molecule is CC(=O)NC1C(O)C(O[C@@H]2OC(CO)[C@H](O)[C@H](O)C2O)[C@@H](CO)O[C@@H]1OC1[C@H](OCC2O[C@@H](O[C@H]3C(CO)O[C@@H](O[C@H]4C(CO)O[C@@H](N[C@@H](C=O)CC(N)=O)C(NC(C)=O)[C@H]4O)C(NC(C)=O)[C@H]3O)C(O)[C@@H](O[C@@H]3O[C@H](CO)[C@H](O)C(O)C3O[C@@H]3OC(CO)[C@H](O[C@@H]4OC(CO)[C@H](O)[C@H](O)C4O)[C@H](O)C3NC(C)=O)[C@H]2O)OC(CO)[C@H](O)[C@@H]1O. The largest absolute Gasteiger partial charge is 0.394 e. The molecule has 19 unspecified atom stereocenters. The first-order chi connectivity index (χ1) is 56.3. The number of nitrogens with one attached hydrogen (secondary N) is 5. The smallest absolute Gasteiger partial charge is 0.219 e. The summed E-state index contributed by atoms with van der Waals surface area (Å²) in [5.74, 6) is -4.68. The lowest BCUT2D eigenvalue weighted by Gasteiger charge is -2.51. The van der Waals surface area contributed by atoms with Crippen molar-refractivity contribution in [1.82, 2.24) is 26.6 Å². The van der Waals surface area contributed by atoms with Crippen molar-refractivity contribution in [2.24, 2.45) is 5.73 Å². The molecular formula is C66H110N6O47. The first kappa shape index (κ1) is 98.1. The van der Waals surface area contributed by atoms with Gasteiger partial charge in [0.15, 0.2) is 50.3 Å². The van der Waals surface area contributed by atoms with Gasteiger partial charge in [0.05, 0.1) is 71.5 Å². The number of nitrogens with two attached hydrogens (primary N) is 1. The zero-order valence-corrected chi connectivity index (χ0v) is 63.9. The molecule has 0 aromatic carbocycles. The normalized spacial score (nSPS) is 46.9. The van der Waals surface area contributed by atoms with E-state index in [0.717, 1.165) is 27.7 Å². The molecule has 0 aromatic heterocycles. The van der Waals surface area contributed by atoms with Crippen LogP contribution in [0, 0.1) is 0 Å². The summed E-state index contributed by atoms with van der Waals surface area (Å²) in [5, 5.41) is 280. The summed E-state index contributed by atoms with van der Waals surface area (Å²) in [6.07, 6.45) is -86.2. The Kier molecular flexibility index (Phi) is 35.9. The van der Waals surface area contributed by atoms with Crippen molar-refractivity contribution in [2.45, 2.75) is 316 Å². The van der Waals surface area contributed by atoms with E-state index in [9.17, 15) is 151 Å². The van der Waals surface area contributed by atoms with Crippen molar-refractivity contribution in [1.29, 1.82) is 0 Å². The molecule has 46 atom stereocenters. The molecule has 0 bridgehead atoms. The fourth-order valence-corrected chi connectivity index (χ4v) is 15.2. The summed E-state index contributed by atoms with van der Waals surface area (Å²) in [5.41, 5.74) is 5.30.